The molecule has 0 radical (unpaired) electrons. The summed E-state index contributed by atoms with van der Waals surface area (Å²) in [6.07, 6.45) is 3.17. The maximum Gasteiger partial charge on any atom is 0.189 e. The molecule has 5 nitrogen and oxygen atoms in total. The second-order valence-corrected chi connectivity index (χ2v) is 4.31. The fourth-order valence-corrected chi connectivity index (χ4v) is 2.04. The smallest absolute Gasteiger partial charge is 0.189 e. The standard InChI is InChI=1S/C11H12N4OS/c1-7-11(8(2)15(3)13-7)10(16)5-4-9-6-17-14-12-9/h4-6H,1-3H3/b5-4-. The molecule has 0 unspecified atom stereocenters. The molecule has 0 aliphatic rings. The van der Waals surface area contributed by atoms with E-state index in [1.165, 1.54) is 17.6 Å². The van der Waals surface area contributed by atoms with Gasteiger partial charge in [0.1, 0.15) is 0 Å². The van der Waals surface area contributed by atoms with Crippen LogP contribution in [0.3, 0.4) is 0 Å². The molecule has 2 heterocycles. The Morgan fingerprint density at radius 3 is 2.76 bits per heavy atom. The van der Waals surface area contributed by atoms with Gasteiger partial charge in [0.15, 0.2) is 5.78 Å². The highest BCUT2D eigenvalue weighted by atomic mass is 32.1. The third-order valence-corrected chi connectivity index (χ3v) is 3.06. The highest BCUT2D eigenvalue weighted by Gasteiger charge is 2.14. The van der Waals surface area contributed by atoms with E-state index in [4.69, 9.17) is 0 Å². The van der Waals surface area contributed by atoms with Crippen molar-refractivity contribution in [3.8, 4) is 0 Å². The van der Waals surface area contributed by atoms with Crippen LogP contribution >= 0.6 is 11.5 Å². The molecule has 0 fully saturated rings. The summed E-state index contributed by atoms with van der Waals surface area (Å²) in [6, 6.07) is 0. The summed E-state index contributed by atoms with van der Waals surface area (Å²) in [7, 11) is 1.83. The predicted octanol–water partition coefficient (Wildman–Crippen LogP) is 1.78. The van der Waals surface area contributed by atoms with Crippen LogP contribution in [0.1, 0.15) is 27.4 Å². The van der Waals surface area contributed by atoms with Crippen LogP contribution in [-0.4, -0.2) is 25.2 Å². The fourth-order valence-electron chi connectivity index (χ4n) is 1.62. The van der Waals surface area contributed by atoms with Crippen LogP contribution in [-0.2, 0) is 7.05 Å². The Balaban J connectivity index is 2.26. The van der Waals surface area contributed by atoms with E-state index in [1.807, 2.05) is 20.9 Å². The Bertz CT molecular complexity index is 569. The molecular formula is C11H12N4OS. The Labute approximate surface area is 103 Å². The Morgan fingerprint density at radius 2 is 2.24 bits per heavy atom. The van der Waals surface area contributed by atoms with E-state index < -0.39 is 0 Å². The van der Waals surface area contributed by atoms with Gasteiger partial charge in [-0.1, -0.05) is 4.49 Å². The number of allylic oxidation sites excluding steroid dienone is 1. The van der Waals surface area contributed by atoms with Gasteiger partial charge in [-0.25, -0.2) is 0 Å². The van der Waals surface area contributed by atoms with Crippen LogP contribution in [0.4, 0.5) is 0 Å². The number of carbonyl (C=O) groups is 1. The monoisotopic (exact) mass is 248 g/mol. The van der Waals surface area contributed by atoms with E-state index in [-0.39, 0.29) is 5.78 Å². The second kappa shape index (κ2) is 4.58. The van der Waals surface area contributed by atoms with Crippen LogP contribution in [0.25, 0.3) is 6.08 Å². The van der Waals surface area contributed by atoms with E-state index in [9.17, 15) is 4.79 Å². The number of aromatic nitrogens is 4. The lowest BCUT2D eigenvalue weighted by Gasteiger charge is -1.95. The molecular weight excluding hydrogens is 236 g/mol. The molecule has 0 amide bonds. The average Bonchev–Trinajstić information content (AvgIpc) is 2.86. The predicted molar refractivity (Wildman–Crippen MR) is 66.0 cm³/mol. The lowest BCUT2D eigenvalue weighted by atomic mass is 10.1. The van der Waals surface area contributed by atoms with Crippen LogP contribution in [0, 0.1) is 13.8 Å². The SMILES string of the molecule is Cc1nn(C)c(C)c1C(=O)/C=C\c1csnn1. The van der Waals surface area contributed by atoms with E-state index in [1.54, 1.807) is 16.1 Å². The molecule has 0 N–H and O–H groups in total. The minimum absolute atomic E-state index is 0.0545. The lowest BCUT2D eigenvalue weighted by Crippen LogP contribution is -1.99. The number of rotatable bonds is 3. The lowest BCUT2D eigenvalue weighted by molar-refractivity contribution is 0.104. The third-order valence-electron chi connectivity index (χ3n) is 2.54. The van der Waals surface area contributed by atoms with Gasteiger partial charge in [-0.15, -0.1) is 5.10 Å². The van der Waals surface area contributed by atoms with Crippen LogP contribution < -0.4 is 0 Å². The van der Waals surface area contributed by atoms with Gasteiger partial charge in [-0.3, -0.25) is 9.48 Å². The molecule has 17 heavy (non-hydrogen) atoms. The second-order valence-electron chi connectivity index (χ2n) is 3.70. The molecule has 0 aliphatic carbocycles. The van der Waals surface area contributed by atoms with Crippen molar-refractivity contribution in [1.29, 1.82) is 0 Å². The number of aryl methyl sites for hydroxylation is 2. The van der Waals surface area contributed by atoms with E-state index >= 15 is 0 Å². The summed E-state index contributed by atoms with van der Waals surface area (Å²) in [5.74, 6) is -0.0545. The largest absolute Gasteiger partial charge is 0.289 e. The van der Waals surface area contributed by atoms with E-state index in [0.29, 0.717) is 11.3 Å². The molecule has 6 heteroatoms. The van der Waals surface area contributed by atoms with Gasteiger partial charge < -0.3 is 0 Å². The van der Waals surface area contributed by atoms with Crippen LogP contribution in [0.5, 0.6) is 0 Å². The van der Waals surface area contributed by atoms with Crippen molar-refractivity contribution in [2.24, 2.45) is 7.05 Å². The normalized spacial score (nSPS) is 11.2. The van der Waals surface area contributed by atoms with Crippen molar-refractivity contribution >= 4 is 23.4 Å². The molecule has 0 saturated carbocycles. The zero-order chi connectivity index (χ0) is 12.4. The van der Waals surface area contributed by atoms with Crippen molar-refractivity contribution in [3.63, 3.8) is 0 Å². The zero-order valence-electron chi connectivity index (χ0n) is 9.84. The quantitative estimate of drug-likeness (QED) is 0.613. The highest BCUT2D eigenvalue weighted by Crippen LogP contribution is 2.13. The Morgan fingerprint density at radius 1 is 1.47 bits per heavy atom. The Hall–Kier alpha value is -1.82. The van der Waals surface area contributed by atoms with Gasteiger partial charge in [0.25, 0.3) is 0 Å². The molecule has 0 aliphatic heterocycles. The van der Waals surface area contributed by atoms with Crippen molar-refractivity contribution in [2.45, 2.75) is 13.8 Å². The van der Waals surface area contributed by atoms with Gasteiger partial charge in [0, 0.05) is 18.1 Å². The summed E-state index contributed by atoms with van der Waals surface area (Å²) in [5, 5.41) is 9.84. The number of ketones is 1. The first kappa shape index (κ1) is 11.7. The van der Waals surface area contributed by atoms with Gasteiger partial charge in [0.05, 0.1) is 17.0 Å². The Kier molecular flexibility index (Phi) is 3.14. The first-order valence-electron chi connectivity index (χ1n) is 5.09. The van der Waals surface area contributed by atoms with Gasteiger partial charge in [0.2, 0.25) is 0 Å². The molecule has 88 valence electrons. The van der Waals surface area contributed by atoms with Crippen LogP contribution in [0.15, 0.2) is 11.5 Å². The maximum absolute atomic E-state index is 12.0. The molecule has 0 bridgehead atoms. The van der Waals surface area contributed by atoms with Gasteiger partial charge in [-0.05, 0) is 37.5 Å². The van der Waals surface area contributed by atoms with Crippen molar-refractivity contribution in [1.82, 2.24) is 19.4 Å². The number of hydrogen-bond donors (Lipinski definition) is 0. The molecule has 0 atom stereocenters. The number of carbonyl (C=O) groups excluding carboxylic acids is 1. The minimum atomic E-state index is -0.0545. The first-order chi connectivity index (χ1) is 8.09. The minimum Gasteiger partial charge on any atom is -0.289 e. The maximum atomic E-state index is 12.0. The highest BCUT2D eigenvalue weighted by molar-refractivity contribution is 7.03. The van der Waals surface area contributed by atoms with Gasteiger partial charge >= 0.3 is 0 Å². The molecule has 0 saturated heterocycles. The van der Waals surface area contributed by atoms with E-state index in [2.05, 4.69) is 14.7 Å². The number of nitrogens with zero attached hydrogens (tertiary/aromatic N) is 4. The summed E-state index contributed by atoms with van der Waals surface area (Å²) in [5.41, 5.74) is 2.97. The topological polar surface area (TPSA) is 60.7 Å². The summed E-state index contributed by atoms with van der Waals surface area (Å²) in [4.78, 5) is 12.0. The number of hydrogen-bond acceptors (Lipinski definition) is 5. The van der Waals surface area contributed by atoms with Crippen LogP contribution in [0.2, 0.25) is 0 Å². The van der Waals surface area contributed by atoms with E-state index in [0.717, 1.165) is 11.4 Å². The fraction of sp³-hybridized carbons (Fsp3) is 0.273. The summed E-state index contributed by atoms with van der Waals surface area (Å²) in [6.45, 7) is 3.71. The van der Waals surface area contributed by atoms with Crippen molar-refractivity contribution < 1.29 is 4.79 Å². The molecule has 2 aromatic rings. The van der Waals surface area contributed by atoms with Crippen molar-refractivity contribution in [3.05, 3.63) is 34.1 Å². The first-order valence-corrected chi connectivity index (χ1v) is 5.93. The zero-order valence-corrected chi connectivity index (χ0v) is 10.7. The van der Waals surface area contributed by atoms with Crippen molar-refractivity contribution in [2.75, 3.05) is 0 Å². The molecule has 2 aromatic heterocycles. The average molecular weight is 248 g/mol. The summed E-state index contributed by atoms with van der Waals surface area (Å²) < 4.78 is 5.43. The molecule has 0 aromatic carbocycles. The summed E-state index contributed by atoms with van der Waals surface area (Å²) >= 11 is 1.26. The molecule has 2 rings (SSSR count). The third kappa shape index (κ3) is 2.31. The molecule has 0 spiro atoms. The van der Waals surface area contributed by atoms with Gasteiger partial charge in [-0.2, -0.15) is 5.10 Å².